The molecule has 1 saturated heterocycles. The zero-order valence-electron chi connectivity index (χ0n) is 7.92. The first-order chi connectivity index (χ1) is 6.79. The SMILES string of the molecule is NC(=O)c1cn[nH]c1C1CCCCN1. The predicted molar refractivity (Wildman–Crippen MR) is 51.7 cm³/mol. The molecule has 14 heavy (non-hydrogen) atoms. The summed E-state index contributed by atoms with van der Waals surface area (Å²) in [7, 11) is 0. The Morgan fingerprint density at radius 2 is 2.43 bits per heavy atom. The lowest BCUT2D eigenvalue weighted by Crippen LogP contribution is -2.29. The second-order valence-electron chi connectivity index (χ2n) is 3.56. The van der Waals surface area contributed by atoms with Crippen molar-refractivity contribution in [3.8, 4) is 0 Å². The van der Waals surface area contributed by atoms with Crippen LogP contribution in [0.3, 0.4) is 0 Å². The number of piperidine rings is 1. The molecule has 1 fully saturated rings. The highest BCUT2D eigenvalue weighted by molar-refractivity contribution is 5.93. The highest BCUT2D eigenvalue weighted by atomic mass is 16.1. The summed E-state index contributed by atoms with van der Waals surface area (Å²) in [5.41, 5.74) is 6.57. The third-order valence-electron chi connectivity index (χ3n) is 2.59. The first-order valence-electron chi connectivity index (χ1n) is 4.85. The van der Waals surface area contributed by atoms with Gasteiger partial charge in [-0.1, -0.05) is 6.42 Å². The van der Waals surface area contributed by atoms with E-state index >= 15 is 0 Å². The number of carbonyl (C=O) groups excluding carboxylic acids is 1. The number of nitrogens with zero attached hydrogens (tertiary/aromatic N) is 1. The minimum atomic E-state index is -0.416. The number of H-pyrrole nitrogens is 1. The molecule has 1 aromatic rings. The Morgan fingerprint density at radius 3 is 3.07 bits per heavy atom. The van der Waals surface area contributed by atoms with Crippen LogP contribution < -0.4 is 11.1 Å². The molecule has 0 bridgehead atoms. The van der Waals surface area contributed by atoms with Crippen molar-refractivity contribution in [1.29, 1.82) is 0 Å². The molecule has 0 aliphatic carbocycles. The third-order valence-corrected chi connectivity index (χ3v) is 2.59. The Balaban J connectivity index is 2.21. The van der Waals surface area contributed by atoms with Crippen molar-refractivity contribution in [2.24, 2.45) is 5.73 Å². The molecular weight excluding hydrogens is 180 g/mol. The molecule has 1 amide bonds. The van der Waals surface area contributed by atoms with Crippen LogP contribution in [0.25, 0.3) is 0 Å². The van der Waals surface area contributed by atoms with E-state index in [2.05, 4.69) is 15.5 Å². The van der Waals surface area contributed by atoms with Gasteiger partial charge in [0.15, 0.2) is 0 Å². The largest absolute Gasteiger partial charge is 0.365 e. The van der Waals surface area contributed by atoms with Gasteiger partial charge in [0.2, 0.25) is 0 Å². The maximum atomic E-state index is 11.1. The number of aromatic nitrogens is 2. The van der Waals surface area contributed by atoms with E-state index in [1.807, 2.05) is 0 Å². The summed E-state index contributed by atoms with van der Waals surface area (Å²) < 4.78 is 0. The van der Waals surface area contributed by atoms with E-state index in [1.54, 1.807) is 0 Å². The minimum absolute atomic E-state index is 0.203. The van der Waals surface area contributed by atoms with Crippen LogP contribution >= 0.6 is 0 Å². The first-order valence-corrected chi connectivity index (χ1v) is 4.85. The lowest BCUT2D eigenvalue weighted by molar-refractivity contribution is 0.0998. The molecular formula is C9H14N4O. The predicted octanol–water partition coefficient (Wildman–Crippen LogP) is 0.323. The van der Waals surface area contributed by atoms with E-state index in [0.29, 0.717) is 5.56 Å². The monoisotopic (exact) mass is 194 g/mol. The minimum Gasteiger partial charge on any atom is -0.365 e. The summed E-state index contributed by atoms with van der Waals surface area (Å²) in [5, 5.41) is 10.0. The fraction of sp³-hybridized carbons (Fsp3) is 0.556. The Morgan fingerprint density at radius 1 is 1.57 bits per heavy atom. The fourth-order valence-electron chi connectivity index (χ4n) is 1.86. The van der Waals surface area contributed by atoms with Crippen LogP contribution in [0.15, 0.2) is 6.20 Å². The van der Waals surface area contributed by atoms with Gasteiger partial charge < -0.3 is 11.1 Å². The van der Waals surface area contributed by atoms with E-state index in [4.69, 9.17) is 5.73 Å². The number of hydrogen-bond donors (Lipinski definition) is 3. The highest BCUT2D eigenvalue weighted by Crippen LogP contribution is 2.23. The summed E-state index contributed by atoms with van der Waals surface area (Å²) >= 11 is 0. The highest BCUT2D eigenvalue weighted by Gasteiger charge is 2.21. The third kappa shape index (κ3) is 1.63. The molecule has 0 radical (unpaired) electrons. The molecule has 2 heterocycles. The Hall–Kier alpha value is -1.36. The van der Waals surface area contributed by atoms with Gasteiger partial charge in [-0.3, -0.25) is 9.89 Å². The van der Waals surface area contributed by atoms with Gasteiger partial charge in [0.05, 0.1) is 17.5 Å². The summed E-state index contributed by atoms with van der Waals surface area (Å²) in [6.45, 7) is 0.988. The normalized spacial score (nSPS) is 22.1. The second-order valence-corrected chi connectivity index (χ2v) is 3.56. The van der Waals surface area contributed by atoms with Gasteiger partial charge in [0.25, 0.3) is 5.91 Å². The van der Waals surface area contributed by atoms with Crippen LogP contribution in [0, 0.1) is 0 Å². The number of carbonyl (C=O) groups is 1. The van der Waals surface area contributed by atoms with E-state index in [9.17, 15) is 4.79 Å². The van der Waals surface area contributed by atoms with Gasteiger partial charge in [0, 0.05) is 6.04 Å². The van der Waals surface area contributed by atoms with Crippen LogP contribution in [0.4, 0.5) is 0 Å². The summed E-state index contributed by atoms with van der Waals surface area (Å²) in [6.07, 6.45) is 4.89. The number of hydrogen-bond acceptors (Lipinski definition) is 3. The molecule has 4 N–H and O–H groups in total. The van der Waals surface area contributed by atoms with Crippen molar-refractivity contribution in [2.75, 3.05) is 6.54 Å². The lowest BCUT2D eigenvalue weighted by atomic mass is 9.99. The van der Waals surface area contributed by atoms with Crippen molar-refractivity contribution in [1.82, 2.24) is 15.5 Å². The van der Waals surface area contributed by atoms with Gasteiger partial charge in [0.1, 0.15) is 0 Å². The van der Waals surface area contributed by atoms with Crippen molar-refractivity contribution in [2.45, 2.75) is 25.3 Å². The Bertz CT molecular complexity index is 327. The molecule has 76 valence electrons. The van der Waals surface area contributed by atoms with E-state index in [-0.39, 0.29) is 6.04 Å². The zero-order chi connectivity index (χ0) is 9.97. The standard InChI is InChI=1S/C9H14N4O/c10-9(14)6-5-12-13-8(6)7-3-1-2-4-11-7/h5,7,11H,1-4H2,(H2,10,14)(H,12,13). The fourth-order valence-corrected chi connectivity index (χ4v) is 1.86. The van der Waals surface area contributed by atoms with Gasteiger partial charge in [-0.05, 0) is 19.4 Å². The molecule has 0 saturated carbocycles. The Labute approximate surface area is 82.1 Å². The van der Waals surface area contributed by atoms with Crippen LogP contribution in [-0.2, 0) is 0 Å². The molecule has 1 unspecified atom stereocenters. The first kappa shape index (κ1) is 9.21. The quantitative estimate of drug-likeness (QED) is 0.634. The van der Waals surface area contributed by atoms with Crippen LogP contribution in [0.1, 0.15) is 41.4 Å². The van der Waals surface area contributed by atoms with Crippen LogP contribution in [0.2, 0.25) is 0 Å². The topological polar surface area (TPSA) is 83.8 Å². The number of nitrogens with one attached hydrogen (secondary N) is 2. The molecule has 5 heteroatoms. The molecule has 1 aliphatic heterocycles. The summed E-state index contributed by atoms with van der Waals surface area (Å²) in [6, 6.07) is 0.203. The van der Waals surface area contributed by atoms with E-state index in [0.717, 1.165) is 18.7 Å². The Kier molecular flexibility index (Phi) is 2.49. The van der Waals surface area contributed by atoms with Gasteiger partial charge in [-0.2, -0.15) is 5.10 Å². The van der Waals surface area contributed by atoms with Crippen molar-refractivity contribution in [3.05, 3.63) is 17.5 Å². The summed E-state index contributed by atoms with van der Waals surface area (Å²) in [4.78, 5) is 11.1. The van der Waals surface area contributed by atoms with E-state index < -0.39 is 5.91 Å². The average molecular weight is 194 g/mol. The molecule has 2 rings (SSSR count). The van der Waals surface area contributed by atoms with Crippen molar-refractivity contribution >= 4 is 5.91 Å². The van der Waals surface area contributed by atoms with Crippen LogP contribution in [-0.4, -0.2) is 22.6 Å². The molecule has 0 spiro atoms. The van der Waals surface area contributed by atoms with E-state index in [1.165, 1.54) is 19.0 Å². The summed E-state index contributed by atoms with van der Waals surface area (Å²) in [5.74, 6) is -0.416. The van der Waals surface area contributed by atoms with Crippen LogP contribution in [0.5, 0.6) is 0 Å². The second kappa shape index (κ2) is 3.79. The number of amides is 1. The maximum absolute atomic E-state index is 11.1. The molecule has 1 aromatic heterocycles. The van der Waals surface area contributed by atoms with Crippen molar-refractivity contribution < 1.29 is 4.79 Å². The molecule has 1 atom stereocenters. The molecule has 0 aromatic carbocycles. The van der Waals surface area contributed by atoms with Crippen molar-refractivity contribution in [3.63, 3.8) is 0 Å². The number of aromatic amines is 1. The number of nitrogens with two attached hydrogens (primary N) is 1. The smallest absolute Gasteiger partial charge is 0.252 e. The lowest BCUT2D eigenvalue weighted by Gasteiger charge is -2.22. The van der Waals surface area contributed by atoms with Gasteiger partial charge in [-0.25, -0.2) is 0 Å². The average Bonchev–Trinajstić information content (AvgIpc) is 2.67. The molecule has 5 nitrogen and oxygen atoms in total. The maximum Gasteiger partial charge on any atom is 0.252 e. The van der Waals surface area contributed by atoms with Gasteiger partial charge in [-0.15, -0.1) is 0 Å². The number of rotatable bonds is 2. The number of primary amides is 1. The van der Waals surface area contributed by atoms with Gasteiger partial charge >= 0.3 is 0 Å². The zero-order valence-corrected chi connectivity index (χ0v) is 7.92. The molecule has 1 aliphatic rings.